The standard InChI is InChI=1S/C18H18N4O4/c1-3-25-16-9-8-12(10-17(16)26-4-2)22-19-11-15(21-22)13-6-5-7-14(20-13)18(23)24/h5-11H,3-4H2,1-2H3,(H,23,24). The molecule has 0 aliphatic carbocycles. The molecule has 0 fully saturated rings. The summed E-state index contributed by atoms with van der Waals surface area (Å²) in [5, 5.41) is 17.7. The second-order valence-electron chi connectivity index (χ2n) is 5.23. The summed E-state index contributed by atoms with van der Waals surface area (Å²) in [5.41, 5.74) is 1.56. The van der Waals surface area contributed by atoms with E-state index in [9.17, 15) is 4.79 Å². The van der Waals surface area contributed by atoms with Gasteiger partial charge in [-0.1, -0.05) is 6.07 Å². The normalized spacial score (nSPS) is 10.5. The Labute approximate surface area is 150 Å². The van der Waals surface area contributed by atoms with Crippen molar-refractivity contribution in [3.63, 3.8) is 0 Å². The fourth-order valence-corrected chi connectivity index (χ4v) is 2.37. The summed E-state index contributed by atoms with van der Waals surface area (Å²) >= 11 is 0. The monoisotopic (exact) mass is 354 g/mol. The molecule has 0 bridgehead atoms. The van der Waals surface area contributed by atoms with E-state index in [2.05, 4.69) is 15.2 Å². The van der Waals surface area contributed by atoms with Gasteiger partial charge in [-0.05, 0) is 38.1 Å². The predicted octanol–water partition coefficient (Wildman–Crippen LogP) is 2.82. The Morgan fingerprint density at radius 3 is 2.58 bits per heavy atom. The van der Waals surface area contributed by atoms with E-state index in [-0.39, 0.29) is 5.69 Å². The number of carboxylic acid groups (broad SMARTS) is 1. The summed E-state index contributed by atoms with van der Waals surface area (Å²) in [6.07, 6.45) is 1.53. The van der Waals surface area contributed by atoms with Crippen molar-refractivity contribution in [2.24, 2.45) is 0 Å². The smallest absolute Gasteiger partial charge is 0.354 e. The number of benzene rings is 1. The van der Waals surface area contributed by atoms with E-state index in [0.29, 0.717) is 41.8 Å². The van der Waals surface area contributed by atoms with Gasteiger partial charge in [0.2, 0.25) is 0 Å². The molecular formula is C18H18N4O4. The molecule has 1 aromatic carbocycles. The summed E-state index contributed by atoms with van der Waals surface area (Å²) in [6.45, 7) is 4.85. The lowest BCUT2D eigenvalue weighted by molar-refractivity contribution is 0.0690. The van der Waals surface area contributed by atoms with Crippen LogP contribution in [0.15, 0.2) is 42.6 Å². The van der Waals surface area contributed by atoms with Crippen molar-refractivity contribution in [2.75, 3.05) is 13.2 Å². The summed E-state index contributed by atoms with van der Waals surface area (Å²) < 4.78 is 11.2. The van der Waals surface area contributed by atoms with Crippen LogP contribution < -0.4 is 9.47 Å². The molecule has 2 heterocycles. The Morgan fingerprint density at radius 2 is 1.85 bits per heavy atom. The molecule has 0 aliphatic rings. The third-order valence-electron chi connectivity index (χ3n) is 3.48. The highest BCUT2D eigenvalue weighted by molar-refractivity contribution is 5.85. The molecule has 0 aliphatic heterocycles. The largest absolute Gasteiger partial charge is 0.490 e. The van der Waals surface area contributed by atoms with Gasteiger partial charge in [-0.3, -0.25) is 0 Å². The first-order valence-electron chi connectivity index (χ1n) is 8.15. The molecule has 2 aromatic heterocycles. The van der Waals surface area contributed by atoms with Gasteiger partial charge in [-0.25, -0.2) is 9.78 Å². The Balaban J connectivity index is 1.93. The first-order valence-corrected chi connectivity index (χ1v) is 8.15. The maximum absolute atomic E-state index is 11.1. The minimum atomic E-state index is -1.09. The molecule has 1 N–H and O–H groups in total. The Morgan fingerprint density at radius 1 is 1.08 bits per heavy atom. The number of carbonyl (C=O) groups is 1. The van der Waals surface area contributed by atoms with Crippen molar-refractivity contribution >= 4 is 5.97 Å². The molecule has 0 spiro atoms. The molecular weight excluding hydrogens is 336 g/mol. The minimum absolute atomic E-state index is 0.0447. The quantitative estimate of drug-likeness (QED) is 0.696. The average molecular weight is 354 g/mol. The van der Waals surface area contributed by atoms with Crippen LogP contribution in [0.25, 0.3) is 17.1 Å². The van der Waals surface area contributed by atoms with E-state index >= 15 is 0 Å². The second-order valence-corrected chi connectivity index (χ2v) is 5.23. The zero-order valence-corrected chi connectivity index (χ0v) is 14.4. The van der Waals surface area contributed by atoms with Crippen LogP contribution in [0.2, 0.25) is 0 Å². The van der Waals surface area contributed by atoms with Gasteiger partial charge in [0.1, 0.15) is 11.4 Å². The first-order chi connectivity index (χ1) is 12.6. The third-order valence-corrected chi connectivity index (χ3v) is 3.48. The van der Waals surface area contributed by atoms with Gasteiger partial charge < -0.3 is 14.6 Å². The molecule has 0 saturated heterocycles. The van der Waals surface area contributed by atoms with Crippen LogP contribution in [-0.4, -0.2) is 44.3 Å². The van der Waals surface area contributed by atoms with Gasteiger partial charge in [0.25, 0.3) is 0 Å². The number of pyridine rings is 1. The molecule has 3 aromatic rings. The van der Waals surface area contributed by atoms with Gasteiger partial charge in [0, 0.05) is 6.07 Å². The predicted molar refractivity (Wildman–Crippen MR) is 93.9 cm³/mol. The molecule has 134 valence electrons. The highest BCUT2D eigenvalue weighted by atomic mass is 16.5. The fourth-order valence-electron chi connectivity index (χ4n) is 2.37. The van der Waals surface area contributed by atoms with Gasteiger partial charge in [-0.2, -0.15) is 9.90 Å². The van der Waals surface area contributed by atoms with Crippen LogP contribution in [0.5, 0.6) is 11.5 Å². The molecule has 26 heavy (non-hydrogen) atoms. The van der Waals surface area contributed by atoms with E-state index < -0.39 is 5.97 Å². The Hall–Kier alpha value is -3.42. The van der Waals surface area contributed by atoms with E-state index in [0.717, 1.165) is 0 Å². The number of aromatic nitrogens is 4. The van der Waals surface area contributed by atoms with E-state index in [1.165, 1.54) is 17.1 Å². The highest BCUT2D eigenvalue weighted by Crippen LogP contribution is 2.29. The lowest BCUT2D eigenvalue weighted by Crippen LogP contribution is -2.03. The molecule has 0 unspecified atom stereocenters. The first kappa shape index (κ1) is 17.4. The van der Waals surface area contributed by atoms with E-state index in [1.807, 2.05) is 19.9 Å². The highest BCUT2D eigenvalue weighted by Gasteiger charge is 2.12. The van der Waals surface area contributed by atoms with Crippen LogP contribution in [0, 0.1) is 0 Å². The number of rotatable bonds is 7. The van der Waals surface area contributed by atoms with E-state index in [1.54, 1.807) is 24.3 Å². The lowest BCUT2D eigenvalue weighted by atomic mass is 10.2. The molecule has 0 atom stereocenters. The van der Waals surface area contributed by atoms with Crippen molar-refractivity contribution < 1.29 is 19.4 Å². The number of aromatic carboxylic acids is 1. The maximum atomic E-state index is 11.1. The zero-order chi connectivity index (χ0) is 18.5. The summed E-state index contributed by atoms with van der Waals surface area (Å²) in [4.78, 5) is 16.6. The zero-order valence-electron chi connectivity index (χ0n) is 14.4. The van der Waals surface area contributed by atoms with Crippen LogP contribution in [0.1, 0.15) is 24.3 Å². The number of carboxylic acids is 1. The van der Waals surface area contributed by atoms with E-state index in [4.69, 9.17) is 14.6 Å². The molecule has 0 radical (unpaired) electrons. The van der Waals surface area contributed by atoms with Crippen LogP contribution in [0.4, 0.5) is 0 Å². The molecule has 0 saturated carbocycles. The topological polar surface area (TPSA) is 99.4 Å². The molecule has 3 rings (SSSR count). The van der Waals surface area contributed by atoms with Crippen LogP contribution in [0.3, 0.4) is 0 Å². The van der Waals surface area contributed by atoms with Gasteiger partial charge in [0.05, 0.1) is 30.8 Å². The number of hydrogen-bond acceptors (Lipinski definition) is 6. The number of nitrogens with zero attached hydrogens (tertiary/aromatic N) is 4. The fraction of sp³-hybridized carbons (Fsp3) is 0.222. The SMILES string of the molecule is CCOc1ccc(-n2ncc(-c3cccc(C(=O)O)n3)n2)cc1OCC. The minimum Gasteiger partial charge on any atom is -0.490 e. The number of hydrogen-bond donors (Lipinski definition) is 1. The average Bonchev–Trinajstić information content (AvgIpc) is 3.14. The van der Waals surface area contributed by atoms with Crippen LogP contribution >= 0.6 is 0 Å². The van der Waals surface area contributed by atoms with Crippen molar-refractivity contribution in [1.82, 2.24) is 20.0 Å². The van der Waals surface area contributed by atoms with Gasteiger partial charge in [-0.15, -0.1) is 5.10 Å². The second kappa shape index (κ2) is 7.64. The Kier molecular flexibility index (Phi) is 5.12. The molecule has 0 amide bonds. The van der Waals surface area contributed by atoms with Gasteiger partial charge >= 0.3 is 5.97 Å². The maximum Gasteiger partial charge on any atom is 0.354 e. The summed E-state index contributed by atoms with van der Waals surface area (Å²) in [7, 11) is 0. The van der Waals surface area contributed by atoms with Crippen molar-refractivity contribution in [3.8, 4) is 28.6 Å². The van der Waals surface area contributed by atoms with Crippen molar-refractivity contribution in [2.45, 2.75) is 13.8 Å². The third kappa shape index (κ3) is 3.64. The van der Waals surface area contributed by atoms with Crippen LogP contribution in [-0.2, 0) is 0 Å². The lowest BCUT2D eigenvalue weighted by Gasteiger charge is -2.11. The number of ether oxygens (including phenoxy) is 2. The summed E-state index contributed by atoms with van der Waals surface area (Å²) in [5.74, 6) is 0.171. The van der Waals surface area contributed by atoms with Crippen molar-refractivity contribution in [1.29, 1.82) is 0 Å². The Bertz CT molecular complexity index is 923. The molecule has 8 nitrogen and oxygen atoms in total. The van der Waals surface area contributed by atoms with Crippen molar-refractivity contribution in [3.05, 3.63) is 48.3 Å². The summed E-state index contributed by atoms with van der Waals surface area (Å²) in [6, 6.07) is 10.1. The van der Waals surface area contributed by atoms with Gasteiger partial charge in [0.15, 0.2) is 11.5 Å². The molecule has 8 heteroatoms.